The first-order chi connectivity index (χ1) is 11.0. The molecular formula is C18H31F2N3. The van der Waals surface area contributed by atoms with Gasteiger partial charge in [-0.25, -0.2) is 8.78 Å². The summed E-state index contributed by atoms with van der Waals surface area (Å²) in [6.45, 7) is 1.23. The minimum Gasteiger partial charge on any atom is -0.321 e. The van der Waals surface area contributed by atoms with E-state index in [1.165, 1.54) is 32.2 Å². The zero-order valence-electron chi connectivity index (χ0n) is 14.3. The average molecular weight is 327 g/mol. The van der Waals surface area contributed by atoms with Crippen molar-refractivity contribution in [3.05, 3.63) is 0 Å². The first-order valence-electron chi connectivity index (χ1n) is 9.57. The van der Waals surface area contributed by atoms with Gasteiger partial charge in [-0.2, -0.15) is 0 Å². The largest absolute Gasteiger partial charge is 0.321 e. The zero-order valence-corrected chi connectivity index (χ0v) is 14.3. The summed E-state index contributed by atoms with van der Waals surface area (Å²) in [5, 5.41) is 0. The quantitative estimate of drug-likeness (QED) is 0.862. The third kappa shape index (κ3) is 3.05. The first kappa shape index (κ1) is 16.2. The van der Waals surface area contributed by atoms with Crippen molar-refractivity contribution in [1.82, 2.24) is 9.80 Å². The molecule has 3 nitrogen and oxygen atoms in total. The van der Waals surface area contributed by atoms with Crippen LogP contribution in [0.4, 0.5) is 8.78 Å². The van der Waals surface area contributed by atoms with E-state index in [9.17, 15) is 8.78 Å². The van der Waals surface area contributed by atoms with Crippen molar-refractivity contribution in [2.24, 2.45) is 11.7 Å². The van der Waals surface area contributed by atoms with Crippen molar-refractivity contribution in [3.63, 3.8) is 0 Å². The van der Waals surface area contributed by atoms with E-state index in [1.807, 2.05) is 0 Å². The highest BCUT2D eigenvalue weighted by Gasteiger charge is 2.52. The van der Waals surface area contributed by atoms with Crippen LogP contribution in [0.5, 0.6) is 0 Å². The second-order valence-electron chi connectivity index (χ2n) is 8.59. The topological polar surface area (TPSA) is 32.5 Å². The number of nitrogens with two attached hydrogens (primary N) is 1. The Hall–Kier alpha value is -0.260. The van der Waals surface area contributed by atoms with Gasteiger partial charge in [-0.1, -0.05) is 0 Å². The summed E-state index contributed by atoms with van der Waals surface area (Å²) in [7, 11) is 2.26. The highest BCUT2D eigenvalue weighted by molar-refractivity contribution is 5.06. The Kier molecular flexibility index (Phi) is 4.18. The second kappa shape index (κ2) is 5.92. The van der Waals surface area contributed by atoms with Gasteiger partial charge in [-0.05, 0) is 64.3 Å². The van der Waals surface area contributed by atoms with E-state index in [-0.39, 0.29) is 12.5 Å². The Morgan fingerprint density at radius 3 is 2.35 bits per heavy atom. The molecule has 2 saturated heterocycles. The van der Waals surface area contributed by atoms with Gasteiger partial charge in [0.1, 0.15) is 0 Å². The van der Waals surface area contributed by atoms with Crippen molar-refractivity contribution in [1.29, 1.82) is 0 Å². The molecule has 0 amide bonds. The van der Waals surface area contributed by atoms with Gasteiger partial charge in [-0.3, -0.25) is 4.90 Å². The number of halogens is 2. The smallest absolute Gasteiger partial charge is 0.264 e. The Labute approximate surface area is 138 Å². The highest BCUT2D eigenvalue weighted by atomic mass is 19.3. The summed E-state index contributed by atoms with van der Waals surface area (Å²) in [4.78, 5) is 4.98. The molecule has 0 spiro atoms. The van der Waals surface area contributed by atoms with E-state index in [4.69, 9.17) is 5.73 Å². The predicted octanol–water partition coefficient (Wildman–Crippen LogP) is 2.84. The van der Waals surface area contributed by atoms with Gasteiger partial charge in [0.25, 0.3) is 5.92 Å². The molecule has 2 aliphatic heterocycles. The van der Waals surface area contributed by atoms with Gasteiger partial charge >= 0.3 is 0 Å². The molecule has 2 heterocycles. The van der Waals surface area contributed by atoms with Crippen LogP contribution in [-0.4, -0.2) is 59.5 Å². The molecule has 0 unspecified atom stereocenters. The number of nitrogens with zero attached hydrogens (tertiary/aromatic N) is 2. The second-order valence-corrected chi connectivity index (χ2v) is 8.59. The average Bonchev–Trinajstić information content (AvgIpc) is 3.27. The normalized spacial score (nSPS) is 44.0. The Bertz CT molecular complexity index is 426. The summed E-state index contributed by atoms with van der Waals surface area (Å²) in [6.07, 6.45) is 8.87. The molecular weight excluding hydrogens is 296 g/mol. The molecule has 4 atom stereocenters. The Morgan fingerprint density at radius 1 is 1.09 bits per heavy atom. The van der Waals surface area contributed by atoms with Gasteiger partial charge in [0.05, 0.1) is 6.04 Å². The Morgan fingerprint density at radius 2 is 1.74 bits per heavy atom. The van der Waals surface area contributed by atoms with Crippen LogP contribution < -0.4 is 5.73 Å². The van der Waals surface area contributed by atoms with Crippen LogP contribution in [-0.2, 0) is 0 Å². The maximum atomic E-state index is 14.1. The third-order valence-corrected chi connectivity index (χ3v) is 6.93. The number of alkyl halides is 2. The molecule has 0 radical (unpaired) electrons. The van der Waals surface area contributed by atoms with Gasteiger partial charge in [0, 0.05) is 37.1 Å². The van der Waals surface area contributed by atoms with Crippen molar-refractivity contribution in [2.75, 3.05) is 13.6 Å². The molecule has 2 N–H and O–H groups in total. The van der Waals surface area contributed by atoms with E-state index in [1.54, 1.807) is 0 Å². The van der Waals surface area contributed by atoms with E-state index >= 15 is 0 Å². The molecule has 0 aromatic carbocycles. The van der Waals surface area contributed by atoms with E-state index in [0.29, 0.717) is 24.5 Å². The lowest BCUT2D eigenvalue weighted by atomic mass is 9.83. The molecule has 2 bridgehead atoms. The number of rotatable bonds is 4. The molecule has 2 saturated carbocycles. The van der Waals surface area contributed by atoms with Gasteiger partial charge in [0.2, 0.25) is 0 Å². The summed E-state index contributed by atoms with van der Waals surface area (Å²) in [6, 6.07) is 0.520. The minimum absolute atomic E-state index is 0.0272. The number of hydrogen-bond donors (Lipinski definition) is 1. The lowest BCUT2D eigenvalue weighted by Gasteiger charge is -2.50. The van der Waals surface area contributed by atoms with Crippen LogP contribution in [0.1, 0.15) is 57.8 Å². The maximum absolute atomic E-state index is 14.1. The van der Waals surface area contributed by atoms with Crippen LogP contribution in [0.15, 0.2) is 0 Å². The standard InChI is InChI=1S/C18H31F2N3/c1-22(11-12-4-5-12)15-9-13-6-7-14(10-15)23(13)16-3-2-8-18(19,20)17(16)21/h12-17H,2-11,21H2,1H3/t13-,14-,16-,17+/m0/s1. The molecule has 2 aliphatic carbocycles. The molecule has 0 aromatic rings. The zero-order chi connectivity index (χ0) is 16.2. The minimum atomic E-state index is -2.68. The number of hydrogen-bond acceptors (Lipinski definition) is 3. The van der Waals surface area contributed by atoms with E-state index in [0.717, 1.165) is 25.2 Å². The van der Waals surface area contributed by atoms with Crippen LogP contribution in [0.2, 0.25) is 0 Å². The monoisotopic (exact) mass is 327 g/mol. The molecule has 4 fully saturated rings. The summed E-state index contributed by atoms with van der Waals surface area (Å²) in [5.74, 6) is -1.76. The van der Waals surface area contributed by atoms with E-state index < -0.39 is 12.0 Å². The summed E-state index contributed by atoms with van der Waals surface area (Å²) >= 11 is 0. The number of piperidine rings is 1. The SMILES string of the molecule is CN(CC1CC1)C1C[C@@H]2CC[C@@H](C1)N2[C@H]1CCCC(F)(F)[C@@H]1N. The van der Waals surface area contributed by atoms with Crippen molar-refractivity contribution in [3.8, 4) is 0 Å². The molecule has 4 rings (SSSR count). The van der Waals surface area contributed by atoms with Crippen molar-refractivity contribution < 1.29 is 8.78 Å². The van der Waals surface area contributed by atoms with Gasteiger partial charge in [0.15, 0.2) is 0 Å². The van der Waals surface area contributed by atoms with Gasteiger partial charge < -0.3 is 10.6 Å². The lowest BCUT2D eigenvalue weighted by Crippen LogP contribution is -2.63. The van der Waals surface area contributed by atoms with Crippen LogP contribution >= 0.6 is 0 Å². The Balaban J connectivity index is 1.43. The summed E-state index contributed by atoms with van der Waals surface area (Å²) in [5.41, 5.74) is 6.01. The molecule has 23 heavy (non-hydrogen) atoms. The first-order valence-corrected chi connectivity index (χ1v) is 9.57. The third-order valence-electron chi connectivity index (χ3n) is 6.93. The fourth-order valence-corrected chi connectivity index (χ4v) is 5.45. The molecule has 0 aromatic heterocycles. The lowest BCUT2D eigenvalue weighted by molar-refractivity contribution is -0.0978. The van der Waals surface area contributed by atoms with Gasteiger partial charge in [-0.15, -0.1) is 0 Å². The maximum Gasteiger partial charge on any atom is 0.264 e. The molecule has 132 valence electrons. The fraction of sp³-hybridized carbons (Fsp3) is 1.00. The van der Waals surface area contributed by atoms with Crippen molar-refractivity contribution >= 4 is 0 Å². The van der Waals surface area contributed by atoms with Crippen LogP contribution in [0.3, 0.4) is 0 Å². The molecule has 4 aliphatic rings. The fourth-order valence-electron chi connectivity index (χ4n) is 5.45. The number of fused-ring (bicyclic) bond motifs is 2. The van der Waals surface area contributed by atoms with E-state index in [2.05, 4.69) is 16.8 Å². The molecule has 5 heteroatoms. The van der Waals surface area contributed by atoms with Crippen LogP contribution in [0, 0.1) is 5.92 Å². The predicted molar refractivity (Wildman–Crippen MR) is 87.6 cm³/mol. The highest BCUT2D eigenvalue weighted by Crippen LogP contribution is 2.44. The van der Waals surface area contributed by atoms with Crippen LogP contribution in [0.25, 0.3) is 0 Å². The summed E-state index contributed by atoms with van der Waals surface area (Å²) < 4.78 is 28.1. The van der Waals surface area contributed by atoms with Crippen molar-refractivity contribution in [2.45, 2.75) is 93.9 Å².